The molecule has 112 valence electrons. The molecule has 1 aromatic rings. The molecule has 7 heteroatoms. The molecule has 1 fully saturated rings. The number of pyridine rings is 1. The Balaban J connectivity index is 2.07. The Morgan fingerprint density at radius 1 is 1.45 bits per heavy atom. The lowest BCUT2D eigenvalue weighted by Crippen LogP contribution is -2.42. The maximum atomic E-state index is 12.6. The van der Waals surface area contributed by atoms with E-state index in [0.717, 1.165) is 25.2 Å². The van der Waals surface area contributed by atoms with Crippen LogP contribution in [-0.2, 0) is 6.18 Å². The molecule has 1 aromatic heterocycles. The van der Waals surface area contributed by atoms with Crippen molar-refractivity contribution >= 4 is 17.4 Å². The van der Waals surface area contributed by atoms with E-state index in [1.54, 1.807) is 11.9 Å². The van der Waals surface area contributed by atoms with E-state index in [2.05, 4.69) is 10.3 Å². The predicted octanol–water partition coefficient (Wildman–Crippen LogP) is 3.33. The summed E-state index contributed by atoms with van der Waals surface area (Å²) in [6, 6.07) is 1.25. The molecule has 1 aliphatic heterocycles. The van der Waals surface area contributed by atoms with E-state index >= 15 is 0 Å². The van der Waals surface area contributed by atoms with Gasteiger partial charge in [0.15, 0.2) is 0 Å². The molecule has 1 N–H and O–H groups in total. The van der Waals surface area contributed by atoms with Gasteiger partial charge in [0.1, 0.15) is 5.82 Å². The number of anilines is 1. The van der Waals surface area contributed by atoms with E-state index < -0.39 is 11.7 Å². The van der Waals surface area contributed by atoms with E-state index in [1.807, 2.05) is 0 Å². The van der Waals surface area contributed by atoms with Crippen molar-refractivity contribution in [3.05, 3.63) is 22.8 Å². The fourth-order valence-electron chi connectivity index (χ4n) is 2.36. The van der Waals surface area contributed by atoms with Crippen molar-refractivity contribution in [3.8, 4) is 0 Å². The van der Waals surface area contributed by atoms with Crippen LogP contribution in [0.25, 0.3) is 0 Å². The highest BCUT2D eigenvalue weighted by molar-refractivity contribution is 6.33. The molecule has 0 aromatic carbocycles. The van der Waals surface area contributed by atoms with Gasteiger partial charge < -0.3 is 10.2 Å². The van der Waals surface area contributed by atoms with Crippen molar-refractivity contribution in [1.82, 2.24) is 10.3 Å². The standard InChI is InChI=1S/C13H17ClF3N3/c1-20(8-10-4-2-3-5-18-10)12-11(14)6-9(7-19-12)13(15,16)17/h6-7,10,18H,2-5,8H2,1H3/t10-/m0/s1. The summed E-state index contributed by atoms with van der Waals surface area (Å²) in [4.78, 5) is 5.65. The molecular weight excluding hydrogens is 291 g/mol. The number of halogens is 4. The van der Waals surface area contributed by atoms with Gasteiger partial charge in [-0.2, -0.15) is 13.2 Å². The van der Waals surface area contributed by atoms with Crippen LogP contribution in [0.5, 0.6) is 0 Å². The molecule has 3 nitrogen and oxygen atoms in total. The Kier molecular flexibility index (Phi) is 4.75. The van der Waals surface area contributed by atoms with Crippen molar-refractivity contribution in [2.24, 2.45) is 0 Å². The average molecular weight is 308 g/mol. The minimum atomic E-state index is -4.42. The molecular formula is C13H17ClF3N3. The molecule has 20 heavy (non-hydrogen) atoms. The Morgan fingerprint density at radius 2 is 2.20 bits per heavy atom. The van der Waals surface area contributed by atoms with Crippen LogP contribution in [0.3, 0.4) is 0 Å². The molecule has 0 spiro atoms. The molecule has 0 saturated carbocycles. The lowest BCUT2D eigenvalue weighted by molar-refractivity contribution is -0.137. The zero-order chi connectivity index (χ0) is 14.8. The summed E-state index contributed by atoms with van der Waals surface area (Å²) in [6.45, 7) is 1.66. The number of hydrogen-bond acceptors (Lipinski definition) is 3. The third-order valence-corrected chi connectivity index (χ3v) is 3.70. The second-order valence-corrected chi connectivity index (χ2v) is 5.46. The maximum absolute atomic E-state index is 12.6. The lowest BCUT2D eigenvalue weighted by atomic mass is 10.0. The van der Waals surface area contributed by atoms with Crippen molar-refractivity contribution in [3.63, 3.8) is 0 Å². The van der Waals surface area contributed by atoms with Crippen LogP contribution in [0.2, 0.25) is 5.02 Å². The number of rotatable bonds is 3. The third-order valence-electron chi connectivity index (χ3n) is 3.42. The normalized spacial score (nSPS) is 19.9. The minimum absolute atomic E-state index is 0.0261. The van der Waals surface area contributed by atoms with Gasteiger partial charge in [0.2, 0.25) is 0 Å². The summed E-state index contributed by atoms with van der Waals surface area (Å²) in [5, 5.41) is 3.41. The van der Waals surface area contributed by atoms with Crippen LogP contribution in [0.4, 0.5) is 19.0 Å². The SMILES string of the molecule is CN(C[C@@H]1CCCCN1)c1ncc(C(F)(F)F)cc1Cl. The van der Waals surface area contributed by atoms with Gasteiger partial charge in [-0.15, -0.1) is 0 Å². The monoisotopic (exact) mass is 307 g/mol. The average Bonchev–Trinajstić information content (AvgIpc) is 2.38. The van der Waals surface area contributed by atoms with Gasteiger partial charge in [-0.1, -0.05) is 18.0 Å². The maximum Gasteiger partial charge on any atom is 0.417 e. The first-order valence-corrected chi connectivity index (χ1v) is 6.93. The summed E-state index contributed by atoms with van der Waals surface area (Å²) < 4.78 is 37.7. The summed E-state index contributed by atoms with van der Waals surface area (Å²) in [5.41, 5.74) is -0.824. The first-order valence-electron chi connectivity index (χ1n) is 6.55. The van der Waals surface area contributed by atoms with Gasteiger partial charge >= 0.3 is 6.18 Å². The second kappa shape index (κ2) is 6.18. The number of alkyl halides is 3. The number of nitrogens with zero attached hydrogens (tertiary/aromatic N) is 2. The van der Waals surface area contributed by atoms with Crippen molar-refractivity contribution < 1.29 is 13.2 Å². The predicted molar refractivity (Wildman–Crippen MR) is 73.2 cm³/mol. The van der Waals surface area contributed by atoms with Crippen LogP contribution >= 0.6 is 11.6 Å². The van der Waals surface area contributed by atoms with E-state index in [0.29, 0.717) is 18.4 Å². The molecule has 0 bridgehead atoms. The van der Waals surface area contributed by atoms with Crippen LogP contribution in [0.1, 0.15) is 24.8 Å². The minimum Gasteiger partial charge on any atom is -0.357 e. The van der Waals surface area contributed by atoms with Crippen LogP contribution in [-0.4, -0.2) is 31.2 Å². The van der Waals surface area contributed by atoms with Gasteiger partial charge in [-0.25, -0.2) is 4.98 Å². The largest absolute Gasteiger partial charge is 0.417 e. The first-order chi connectivity index (χ1) is 9.38. The Hall–Kier alpha value is -1.01. The highest BCUT2D eigenvalue weighted by Crippen LogP contribution is 2.33. The molecule has 2 rings (SSSR count). The number of piperidine rings is 1. The van der Waals surface area contributed by atoms with Gasteiger partial charge in [-0.05, 0) is 25.5 Å². The zero-order valence-electron chi connectivity index (χ0n) is 11.2. The molecule has 2 heterocycles. The highest BCUT2D eigenvalue weighted by Gasteiger charge is 2.32. The van der Waals surface area contributed by atoms with Gasteiger partial charge in [-0.3, -0.25) is 0 Å². The summed E-state index contributed by atoms with van der Waals surface area (Å²) in [6.07, 6.45) is -0.202. The molecule has 0 aliphatic carbocycles. The van der Waals surface area contributed by atoms with E-state index in [4.69, 9.17) is 11.6 Å². The fraction of sp³-hybridized carbons (Fsp3) is 0.615. The summed E-state index contributed by atoms with van der Waals surface area (Å²) >= 11 is 5.92. The molecule has 1 saturated heterocycles. The molecule has 1 aliphatic rings. The fourth-order valence-corrected chi connectivity index (χ4v) is 2.67. The van der Waals surface area contributed by atoms with Crippen molar-refractivity contribution in [2.45, 2.75) is 31.5 Å². The second-order valence-electron chi connectivity index (χ2n) is 5.05. The van der Waals surface area contributed by atoms with Crippen molar-refractivity contribution in [2.75, 3.05) is 25.0 Å². The van der Waals surface area contributed by atoms with Gasteiger partial charge in [0.25, 0.3) is 0 Å². The summed E-state index contributed by atoms with van der Waals surface area (Å²) in [5.74, 6) is 0.382. The van der Waals surface area contributed by atoms with Crippen LogP contribution in [0.15, 0.2) is 12.3 Å². The Bertz CT molecular complexity index is 459. The first kappa shape index (κ1) is 15.4. The number of aromatic nitrogens is 1. The zero-order valence-corrected chi connectivity index (χ0v) is 11.9. The number of nitrogens with one attached hydrogen (secondary N) is 1. The third kappa shape index (κ3) is 3.76. The van der Waals surface area contributed by atoms with E-state index in [9.17, 15) is 13.2 Å². The lowest BCUT2D eigenvalue weighted by Gasteiger charge is -2.29. The van der Waals surface area contributed by atoms with E-state index in [-0.39, 0.29) is 5.02 Å². The quantitative estimate of drug-likeness (QED) is 0.928. The Labute approximate surface area is 121 Å². The molecule has 0 amide bonds. The smallest absolute Gasteiger partial charge is 0.357 e. The molecule has 0 radical (unpaired) electrons. The van der Waals surface area contributed by atoms with Gasteiger partial charge in [0, 0.05) is 25.8 Å². The topological polar surface area (TPSA) is 28.2 Å². The van der Waals surface area contributed by atoms with Crippen LogP contribution in [0, 0.1) is 0 Å². The van der Waals surface area contributed by atoms with Gasteiger partial charge in [0.05, 0.1) is 10.6 Å². The highest BCUT2D eigenvalue weighted by atomic mass is 35.5. The molecule has 1 atom stereocenters. The van der Waals surface area contributed by atoms with E-state index in [1.165, 1.54) is 12.8 Å². The summed E-state index contributed by atoms with van der Waals surface area (Å²) in [7, 11) is 1.79. The van der Waals surface area contributed by atoms with Crippen LogP contribution < -0.4 is 10.2 Å². The Morgan fingerprint density at radius 3 is 2.75 bits per heavy atom. The number of hydrogen-bond donors (Lipinski definition) is 1. The number of likely N-dealkylation sites (N-methyl/N-ethyl adjacent to an activating group) is 1. The van der Waals surface area contributed by atoms with Crippen molar-refractivity contribution in [1.29, 1.82) is 0 Å². The molecule has 0 unspecified atom stereocenters.